The van der Waals surface area contributed by atoms with Gasteiger partial charge in [0, 0.05) is 12.5 Å². The number of nitrogens with one attached hydrogen (secondary N) is 1. The van der Waals surface area contributed by atoms with Crippen molar-refractivity contribution in [1.82, 2.24) is 5.32 Å². The van der Waals surface area contributed by atoms with Crippen LogP contribution in [0.25, 0.3) is 0 Å². The Morgan fingerprint density at radius 2 is 1.72 bits per heavy atom. The first-order chi connectivity index (χ1) is 8.50. The monoisotopic (exact) mass is 248 g/mol. The van der Waals surface area contributed by atoms with Crippen LogP contribution in [0.3, 0.4) is 0 Å². The van der Waals surface area contributed by atoms with Gasteiger partial charge >= 0.3 is 0 Å². The molecule has 0 aliphatic rings. The van der Waals surface area contributed by atoms with E-state index in [0.717, 1.165) is 13.0 Å². The molecule has 3 heteroatoms. The van der Waals surface area contributed by atoms with E-state index in [2.05, 4.69) is 50.4 Å². The lowest BCUT2D eigenvalue weighted by Crippen LogP contribution is -2.21. The van der Waals surface area contributed by atoms with Crippen molar-refractivity contribution in [2.75, 3.05) is 6.54 Å². The number of hydrogen-bond acceptors (Lipinski definition) is 2. The molecule has 1 aromatic carbocycles. The van der Waals surface area contributed by atoms with Crippen LogP contribution in [0.5, 0.6) is 0 Å². The molecule has 100 valence electrons. The number of rotatable bonds is 7. The summed E-state index contributed by atoms with van der Waals surface area (Å²) >= 11 is 0. The van der Waals surface area contributed by atoms with Crippen LogP contribution >= 0.6 is 0 Å². The molecule has 18 heavy (non-hydrogen) atoms. The van der Waals surface area contributed by atoms with E-state index in [0.29, 0.717) is 18.4 Å². The van der Waals surface area contributed by atoms with Crippen LogP contribution in [0.4, 0.5) is 0 Å². The molecule has 3 N–H and O–H groups in total. The van der Waals surface area contributed by atoms with Gasteiger partial charge in [-0.1, -0.05) is 38.1 Å². The maximum Gasteiger partial charge on any atom is 0.217 e. The predicted molar refractivity (Wildman–Crippen MR) is 75.4 cm³/mol. The zero-order valence-corrected chi connectivity index (χ0v) is 11.6. The Balaban J connectivity index is 2.41. The van der Waals surface area contributed by atoms with Gasteiger partial charge in [0.2, 0.25) is 5.91 Å². The third kappa shape index (κ3) is 4.88. The molecule has 0 radical (unpaired) electrons. The van der Waals surface area contributed by atoms with Crippen LogP contribution < -0.4 is 11.1 Å². The van der Waals surface area contributed by atoms with E-state index in [9.17, 15) is 4.79 Å². The second-order valence-electron chi connectivity index (χ2n) is 5.07. The highest BCUT2D eigenvalue weighted by Crippen LogP contribution is 2.18. The summed E-state index contributed by atoms with van der Waals surface area (Å²) < 4.78 is 0. The third-order valence-electron chi connectivity index (χ3n) is 3.15. The summed E-state index contributed by atoms with van der Waals surface area (Å²) in [4.78, 5) is 10.6. The second-order valence-corrected chi connectivity index (χ2v) is 5.07. The molecule has 0 aromatic heterocycles. The van der Waals surface area contributed by atoms with E-state index < -0.39 is 0 Å². The maximum absolute atomic E-state index is 10.6. The summed E-state index contributed by atoms with van der Waals surface area (Å²) in [6, 6.07) is 9.00. The maximum atomic E-state index is 10.6. The fourth-order valence-corrected chi connectivity index (χ4v) is 1.87. The summed E-state index contributed by atoms with van der Waals surface area (Å²) in [5, 5.41) is 3.40. The van der Waals surface area contributed by atoms with Crippen LogP contribution in [0, 0.1) is 0 Å². The van der Waals surface area contributed by atoms with Gasteiger partial charge in [0.1, 0.15) is 0 Å². The molecule has 1 atom stereocenters. The Morgan fingerprint density at radius 3 is 2.22 bits per heavy atom. The summed E-state index contributed by atoms with van der Waals surface area (Å²) in [6.07, 6.45) is 1.25. The normalized spacial score (nSPS) is 12.7. The number of carbonyl (C=O) groups excluding carboxylic acids is 1. The first kappa shape index (κ1) is 14.7. The molecule has 1 unspecified atom stereocenters. The lowest BCUT2D eigenvalue weighted by molar-refractivity contribution is -0.118. The molecule has 0 aliphatic heterocycles. The fraction of sp³-hybridized carbons (Fsp3) is 0.533. The molecule has 1 rings (SSSR count). The van der Waals surface area contributed by atoms with Crippen LogP contribution in [-0.2, 0) is 4.79 Å². The van der Waals surface area contributed by atoms with Gasteiger partial charge in [-0.15, -0.1) is 0 Å². The molecule has 0 spiro atoms. The van der Waals surface area contributed by atoms with Crippen molar-refractivity contribution in [2.45, 2.75) is 45.6 Å². The van der Waals surface area contributed by atoms with Gasteiger partial charge in [0.15, 0.2) is 0 Å². The average Bonchev–Trinajstić information content (AvgIpc) is 2.34. The molecular formula is C15H24N2O. The first-order valence-corrected chi connectivity index (χ1v) is 6.62. The van der Waals surface area contributed by atoms with Crippen LogP contribution in [0.2, 0.25) is 0 Å². The van der Waals surface area contributed by atoms with Crippen molar-refractivity contribution in [2.24, 2.45) is 5.73 Å². The van der Waals surface area contributed by atoms with Crippen molar-refractivity contribution in [3.05, 3.63) is 35.4 Å². The van der Waals surface area contributed by atoms with Crippen LogP contribution in [0.15, 0.2) is 24.3 Å². The van der Waals surface area contributed by atoms with E-state index >= 15 is 0 Å². The van der Waals surface area contributed by atoms with Gasteiger partial charge in [-0.05, 0) is 36.9 Å². The van der Waals surface area contributed by atoms with Gasteiger partial charge in [-0.2, -0.15) is 0 Å². The van der Waals surface area contributed by atoms with E-state index in [1.54, 1.807) is 0 Å². The van der Waals surface area contributed by atoms with Gasteiger partial charge in [0.25, 0.3) is 0 Å². The van der Waals surface area contributed by atoms with E-state index in [-0.39, 0.29) is 5.91 Å². The molecule has 0 fully saturated rings. The van der Waals surface area contributed by atoms with Crippen molar-refractivity contribution < 1.29 is 4.79 Å². The minimum Gasteiger partial charge on any atom is -0.370 e. The summed E-state index contributed by atoms with van der Waals surface area (Å²) in [5.74, 6) is 0.337. The van der Waals surface area contributed by atoms with Gasteiger partial charge in [0.05, 0.1) is 0 Å². The number of benzene rings is 1. The standard InChI is InChI=1S/C15H24N2O/c1-11(2)13-6-8-14(9-7-13)12(3)17-10-4-5-15(16)18/h6-9,11-12,17H,4-5,10H2,1-3H3,(H2,16,18). The molecule has 0 aliphatic carbocycles. The zero-order valence-electron chi connectivity index (χ0n) is 11.6. The van der Waals surface area contributed by atoms with Gasteiger partial charge < -0.3 is 11.1 Å². The van der Waals surface area contributed by atoms with E-state index in [4.69, 9.17) is 5.73 Å². The number of primary amides is 1. The van der Waals surface area contributed by atoms with Crippen molar-refractivity contribution >= 4 is 5.91 Å². The predicted octanol–water partition coefficient (Wildman–Crippen LogP) is 2.73. The summed E-state index contributed by atoms with van der Waals surface area (Å²) in [7, 11) is 0. The highest BCUT2D eigenvalue weighted by Gasteiger charge is 2.05. The molecular weight excluding hydrogens is 224 g/mol. The third-order valence-corrected chi connectivity index (χ3v) is 3.15. The first-order valence-electron chi connectivity index (χ1n) is 6.62. The van der Waals surface area contributed by atoms with Crippen LogP contribution in [-0.4, -0.2) is 12.5 Å². The Morgan fingerprint density at radius 1 is 1.17 bits per heavy atom. The highest BCUT2D eigenvalue weighted by molar-refractivity contribution is 5.73. The lowest BCUT2D eigenvalue weighted by Gasteiger charge is -2.15. The van der Waals surface area contributed by atoms with E-state index in [1.807, 2.05) is 0 Å². The molecule has 1 aromatic rings. The molecule has 3 nitrogen and oxygen atoms in total. The minimum absolute atomic E-state index is 0.231. The largest absolute Gasteiger partial charge is 0.370 e. The summed E-state index contributed by atoms with van der Waals surface area (Å²) in [6.45, 7) is 7.34. The van der Waals surface area contributed by atoms with Gasteiger partial charge in [-0.3, -0.25) is 4.79 Å². The molecule has 1 amide bonds. The Hall–Kier alpha value is -1.35. The quantitative estimate of drug-likeness (QED) is 0.729. The van der Waals surface area contributed by atoms with Crippen molar-refractivity contribution in [1.29, 1.82) is 0 Å². The lowest BCUT2D eigenvalue weighted by atomic mass is 9.99. The Bertz CT molecular complexity index is 371. The van der Waals surface area contributed by atoms with Gasteiger partial charge in [-0.25, -0.2) is 0 Å². The number of nitrogens with two attached hydrogens (primary N) is 1. The van der Waals surface area contributed by atoms with E-state index in [1.165, 1.54) is 11.1 Å². The Labute approximate surface area is 110 Å². The van der Waals surface area contributed by atoms with Crippen molar-refractivity contribution in [3.63, 3.8) is 0 Å². The smallest absolute Gasteiger partial charge is 0.217 e. The topological polar surface area (TPSA) is 55.1 Å². The van der Waals surface area contributed by atoms with Crippen molar-refractivity contribution in [3.8, 4) is 0 Å². The number of amides is 1. The molecule has 0 saturated heterocycles. The SMILES string of the molecule is CC(C)c1ccc(C(C)NCCCC(N)=O)cc1. The average molecular weight is 248 g/mol. The van der Waals surface area contributed by atoms with Crippen LogP contribution in [0.1, 0.15) is 56.7 Å². The fourth-order valence-electron chi connectivity index (χ4n) is 1.87. The number of carbonyl (C=O) groups is 1. The molecule has 0 bridgehead atoms. The second kappa shape index (κ2) is 7.17. The molecule has 0 saturated carbocycles. The Kier molecular flexibility index (Phi) is 5.86. The minimum atomic E-state index is -0.231. The zero-order chi connectivity index (χ0) is 13.5. The number of hydrogen-bond donors (Lipinski definition) is 2. The highest BCUT2D eigenvalue weighted by atomic mass is 16.1. The molecule has 0 heterocycles. The summed E-state index contributed by atoms with van der Waals surface area (Å²) in [5.41, 5.74) is 7.74.